The zero-order chi connectivity index (χ0) is 14.7. The quantitative estimate of drug-likeness (QED) is 0.681. The first-order chi connectivity index (χ1) is 9.51. The van der Waals surface area contributed by atoms with Crippen molar-refractivity contribution in [2.45, 2.75) is 37.8 Å². The van der Waals surface area contributed by atoms with Crippen molar-refractivity contribution in [2.75, 3.05) is 12.4 Å². The van der Waals surface area contributed by atoms with E-state index < -0.39 is 22.2 Å². The maximum Gasteiger partial charge on any atom is 0.307 e. The molecule has 2 rings (SSSR count). The molecule has 0 saturated heterocycles. The summed E-state index contributed by atoms with van der Waals surface area (Å²) >= 11 is 0. The summed E-state index contributed by atoms with van der Waals surface area (Å²) in [4.78, 5) is 9.81. The molecule has 1 aromatic rings. The van der Waals surface area contributed by atoms with Gasteiger partial charge < -0.3 is 10.1 Å². The van der Waals surface area contributed by atoms with E-state index in [0.717, 1.165) is 25.3 Å². The molecule has 1 saturated carbocycles. The van der Waals surface area contributed by atoms with E-state index in [-0.39, 0.29) is 17.8 Å². The van der Waals surface area contributed by atoms with Crippen molar-refractivity contribution in [1.82, 2.24) is 0 Å². The summed E-state index contributed by atoms with van der Waals surface area (Å²) in [6.07, 6.45) is 3.49. The molecule has 7 heteroatoms. The maximum atomic E-state index is 13.7. The molecule has 0 radical (unpaired) electrons. The summed E-state index contributed by atoms with van der Waals surface area (Å²) in [5.41, 5.74) is -0.771. The molecule has 2 atom stereocenters. The fourth-order valence-electron chi connectivity index (χ4n) is 2.50. The molecule has 110 valence electrons. The lowest BCUT2D eigenvalue weighted by molar-refractivity contribution is -0.387. The Labute approximate surface area is 115 Å². The third-order valence-electron chi connectivity index (χ3n) is 3.55. The summed E-state index contributed by atoms with van der Waals surface area (Å²) < 4.78 is 32.2. The highest BCUT2D eigenvalue weighted by molar-refractivity contribution is 5.53. The predicted octanol–water partition coefficient (Wildman–Crippen LogP) is 3.24. The van der Waals surface area contributed by atoms with Crippen LogP contribution >= 0.6 is 0 Å². The first-order valence-electron chi connectivity index (χ1n) is 6.44. The molecule has 0 spiro atoms. The summed E-state index contributed by atoms with van der Waals surface area (Å²) in [7, 11) is 1.62. The van der Waals surface area contributed by atoms with Gasteiger partial charge in [0.25, 0.3) is 0 Å². The molecule has 1 aliphatic rings. The number of nitrogens with zero attached hydrogens (tertiary/aromatic N) is 1. The Bertz CT molecular complexity index is 511. The van der Waals surface area contributed by atoms with Crippen molar-refractivity contribution in [3.63, 3.8) is 0 Å². The van der Waals surface area contributed by atoms with Crippen LogP contribution in [0.3, 0.4) is 0 Å². The lowest BCUT2D eigenvalue weighted by atomic mass is 9.92. The van der Waals surface area contributed by atoms with Gasteiger partial charge in [0.2, 0.25) is 5.82 Å². The number of nitrogens with one attached hydrogen (secondary N) is 1. The molecule has 0 bridgehead atoms. The van der Waals surface area contributed by atoms with Gasteiger partial charge in [0.1, 0.15) is 5.82 Å². The maximum absolute atomic E-state index is 13.7. The molecule has 1 N–H and O–H groups in total. The van der Waals surface area contributed by atoms with Crippen molar-refractivity contribution in [2.24, 2.45) is 0 Å². The van der Waals surface area contributed by atoms with E-state index in [1.165, 1.54) is 0 Å². The van der Waals surface area contributed by atoms with Gasteiger partial charge in [-0.3, -0.25) is 10.1 Å². The predicted molar refractivity (Wildman–Crippen MR) is 69.7 cm³/mol. The lowest BCUT2D eigenvalue weighted by Crippen LogP contribution is -2.31. The molecule has 0 aromatic heterocycles. The van der Waals surface area contributed by atoms with Gasteiger partial charge in [-0.25, -0.2) is 4.39 Å². The van der Waals surface area contributed by atoms with Crippen molar-refractivity contribution in [1.29, 1.82) is 0 Å². The van der Waals surface area contributed by atoms with Gasteiger partial charge in [0.15, 0.2) is 0 Å². The zero-order valence-electron chi connectivity index (χ0n) is 11.1. The molecule has 0 heterocycles. The van der Waals surface area contributed by atoms with Crippen LogP contribution in [0.25, 0.3) is 0 Å². The molecule has 1 aliphatic carbocycles. The highest BCUT2D eigenvalue weighted by Crippen LogP contribution is 2.29. The number of ether oxygens (including phenoxy) is 1. The Morgan fingerprint density at radius 3 is 2.75 bits per heavy atom. The van der Waals surface area contributed by atoms with Crippen LogP contribution in [0.1, 0.15) is 25.7 Å². The van der Waals surface area contributed by atoms with Crippen LogP contribution in [0.4, 0.5) is 20.2 Å². The largest absolute Gasteiger partial charge is 0.381 e. The van der Waals surface area contributed by atoms with Gasteiger partial charge in [-0.1, -0.05) is 0 Å². The molecule has 1 fully saturated rings. The topological polar surface area (TPSA) is 64.4 Å². The molecule has 1 aromatic carbocycles. The number of benzene rings is 1. The zero-order valence-corrected chi connectivity index (χ0v) is 11.1. The van der Waals surface area contributed by atoms with Crippen LogP contribution in [0.2, 0.25) is 0 Å². The minimum absolute atomic E-state index is 0.0340. The Kier molecular flexibility index (Phi) is 4.49. The summed E-state index contributed by atoms with van der Waals surface area (Å²) in [5.74, 6) is -2.00. The number of anilines is 1. The monoisotopic (exact) mass is 286 g/mol. The average molecular weight is 286 g/mol. The van der Waals surface area contributed by atoms with Crippen molar-refractivity contribution in [3.8, 4) is 0 Å². The van der Waals surface area contributed by atoms with E-state index in [0.29, 0.717) is 12.5 Å². The highest BCUT2D eigenvalue weighted by atomic mass is 19.1. The second-order valence-electron chi connectivity index (χ2n) is 4.91. The number of hydrogen-bond donors (Lipinski definition) is 1. The Morgan fingerprint density at radius 2 is 2.10 bits per heavy atom. The SMILES string of the molecule is COC1CCCC(Nc2cc([N+](=O)[O-])c(F)cc2F)C1. The molecule has 0 amide bonds. The smallest absolute Gasteiger partial charge is 0.307 e. The number of nitro groups is 1. The van der Waals surface area contributed by atoms with Gasteiger partial charge in [-0.15, -0.1) is 0 Å². The molecule has 20 heavy (non-hydrogen) atoms. The van der Waals surface area contributed by atoms with E-state index >= 15 is 0 Å². The molecular formula is C13H16F2N2O3. The lowest BCUT2D eigenvalue weighted by Gasteiger charge is -2.29. The number of rotatable bonds is 4. The normalized spacial score (nSPS) is 22.6. The van der Waals surface area contributed by atoms with Gasteiger partial charge in [-0.2, -0.15) is 4.39 Å². The van der Waals surface area contributed by atoms with Crippen LogP contribution in [-0.2, 0) is 4.74 Å². The third kappa shape index (κ3) is 3.22. The second-order valence-corrected chi connectivity index (χ2v) is 4.91. The third-order valence-corrected chi connectivity index (χ3v) is 3.55. The van der Waals surface area contributed by atoms with Crippen molar-refractivity contribution in [3.05, 3.63) is 33.9 Å². The second kappa shape index (κ2) is 6.13. The first kappa shape index (κ1) is 14.6. The fraction of sp³-hybridized carbons (Fsp3) is 0.538. The first-order valence-corrected chi connectivity index (χ1v) is 6.44. The van der Waals surface area contributed by atoms with E-state index in [9.17, 15) is 18.9 Å². The van der Waals surface area contributed by atoms with Gasteiger partial charge >= 0.3 is 5.69 Å². The molecule has 5 nitrogen and oxygen atoms in total. The Morgan fingerprint density at radius 1 is 1.35 bits per heavy atom. The Hall–Kier alpha value is -1.76. The van der Waals surface area contributed by atoms with Crippen LogP contribution in [0.5, 0.6) is 0 Å². The van der Waals surface area contributed by atoms with Crippen LogP contribution < -0.4 is 5.32 Å². The number of halogens is 2. The molecule has 2 unspecified atom stereocenters. The van der Waals surface area contributed by atoms with Crippen molar-refractivity contribution >= 4 is 11.4 Å². The summed E-state index contributed by atoms with van der Waals surface area (Å²) in [5, 5.41) is 13.6. The van der Waals surface area contributed by atoms with Crippen LogP contribution in [-0.4, -0.2) is 24.2 Å². The van der Waals surface area contributed by atoms with Gasteiger partial charge in [0.05, 0.1) is 16.7 Å². The van der Waals surface area contributed by atoms with Crippen LogP contribution in [0.15, 0.2) is 12.1 Å². The number of nitro benzene ring substituents is 1. The Balaban J connectivity index is 2.16. The van der Waals surface area contributed by atoms with E-state index in [4.69, 9.17) is 4.74 Å². The highest BCUT2D eigenvalue weighted by Gasteiger charge is 2.24. The summed E-state index contributed by atoms with van der Waals surface area (Å²) in [6.45, 7) is 0. The molecular weight excluding hydrogens is 270 g/mol. The van der Waals surface area contributed by atoms with E-state index in [1.54, 1.807) is 7.11 Å². The number of hydrogen-bond acceptors (Lipinski definition) is 4. The summed E-state index contributed by atoms with van der Waals surface area (Å²) in [6, 6.07) is 1.41. The molecule has 0 aliphatic heterocycles. The van der Waals surface area contributed by atoms with Gasteiger partial charge in [0, 0.05) is 25.3 Å². The average Bonchev–Trinajstić information content (AvgIpc) is 2.41. The fourth-order valence-corrected chi connectivity index (χ4v) is 2.50. The van der Waals surface area contributed by atoms with Gasteiger partial charge in [-0.05, 0) is 25.7 Å². The standard InChI is InChI=1S/C13H16F2N2O3/c1-20-9-4-2-3-8(5-9)16-12-7-13(17(18)19)11(15)6-10(12)14/h6-9,16H,2-5H2,1H3. The van der Waals surface area contributed by atoms with Crippen molar-refractivity contribution < 1.29 is 18.4 Å². The van der Waals surface area contributed by atoms with E-state index in [1.807, 2.05) is 0 Å². The van der Waals surface area contributed by atoms with Crippen LogP contribution in [0, 0.1) is 21.7 Å². The minimum atomic E-state index is -1.17. The minimum Gasteiger partial charge on any atom is -0.381 e. The number of methoxy groups -OCH3 is 1. The van der Waals surface area contributed by atoms with E-state index in [2.05, 4.69) is 5.32 Å².